The van der Waals surface area contributed by atoms with Gasteiger partial charge in [0, 0.05) is 34.7 Å². The molecule has 0 radical (unpaired) electrons. The first-order chi connectivity index (χ1) is 29.3. The van der Waals surface area contributed by atoms with Gasteiger partial charge in [-0.05, 0) is 54.4 Å². The summed E-state index contributed by atoms with van der Waals surface area (Å²) in [6.07, 6.45) is 10.1. The minimum absolute atomic E-state index is 0.0268. The van der Waals surface area contributed by atoms with Crippen molar-refractivity contribution in [3.63, 3.8) is 0 Å². The number of anilines is 2. The SMILES string of the molecule is CCCCCCCCCCCCN(C(=O)Oc1ccc(CSc2nnc(-c3ccccc3)o2)cc1[N+](=O)[O-])c1cccc2c(O)c(C(=O)Nc3ccccc3OC)ccc12. The third kappa shape index (κ3) is 11.2. The Kier molecular flexibility index (Phi) is 15.5. The molecule has 0 saturated carbocycles. The molecule has 0 aliphatic carbocycles. The molecule has 1 aromatic heterocycles. The van der Waals surface area contributed by atoms with Crippen LogP contribution in [0.5, 0.6) is 17.2 Å². The zero-order valence-electron chi connectivity index (χ0n) is 33.8. The van der Waals surface area contributed by atoms with Crippen LogP contribution >= 0.6 is 11.8 Å². The van der Waals surface area contributed by atoms with Gasteiger partial charge < -0.3 is 24.3 Å². The Morgan fingerprint density at radius 3 is 2.27 bits per heavy atom. The smallest absolute Gasteiger partial charge is 0.420 e. The van der Waals surface area contributed by atoms with E-state index in [2.05, 4.69) is 22.4 Å². The number of phenolic OH excluding ortho intramolecular Hbond substituents is 1. The Morgan fingerprint density at radius 2 is 1.53 bits per heavy atom. The van der Waals surface area contributed by atoms with Crippen LogP contribution in [0.15, 0.2) is 113 Å². The predicted octanol–water partition coefficient (Wildman–Crippen LogP) is 12.0. The van der Waals surface area contributed by atoms with Crippen molar-refractivity contribution in [2.45, 2.75) is 82.1 Å². The lowest BCUT2D eigenvalue weighted by Gasteiger charge is -2.24. The fourth-order valence-corrected chi connectivity index (χ4v) is 7.60. The number of nitro benzene ring substituents is 1. The number of unbranched alkanes of at least 4 members (excludes halogenated alkanes) is 9. The minimum atomic E-state index is -0.819. The number of rotatable bonds is 21. The topological polar surface area (TPSA) is 170 Å². The molecule has 1 heterocycles. The van der Waals surface area contributed by atoms with Crippen molar-refractivity contribution in [1.82, 2.24) is 10.2 Å². The number of ether oxygens (including phenoxy) is 2. The highest BCUT2D eigenvalue weighted by molar-refractivity contribution is 7.98. The van der Waals surface area contributed by atoms with E-state index in [0.717, 1.165) is 31.2 Å². The van der Waals surface area contributed by atoms with E-state index in [1.54, 1.807) is 54.6 Å². The second kappa shape index (κ2) is 21.6. The molecule has 60 heavy (non-hydrogen) atoms. The van der Waals surface area contributed by atoms with Gasteiger partial charge in [0.1, 0.15) is 11.5 Å². The van der Waals surface area contributed by atoms with Gasteiger partial charge >= 0.3 is 11.8 Å². The van der Waals surface area contributed by atoms with Crippen LogP contribution in [0.1, 0.15) is 87.1 Å². The van der Waals surface area contributed by atoms with E-state index in [9.17, 15) is 24.8 Å². The van der Waals surface area contributed by atoms with Crippen molar-refractivity contribution in [1.29, 1.82) is 0 Å². The highest BCUT2D eigenvalue weighted by atomic mass is 32.2. The van der Waals surface area contributed by atoms with Gasteiger partial charge in [-0.25, -0.2) is 4.79 Å². The van der Waals surface area contributed by atoms with Crippen molar-refractivity contribution in [3.8, 4) is 28.7 Å². The van der Waals surface area contributed by atoms with E-state index in [-0.39, 0.29) is 35.0 Å². The average molecular weight is 832 g/mol. The number of aromatic nitrogens is 2. The number of fused-ring (bicyclic) bond motifs is 1. The first kappa shape index (κ1) is 43.2. The second-order valence-corrected chi connectivity index (χ2v) is 15.2. The average Bonchev–Trinajstić information content (AvgIpc) is 3.75. The standard InChI is InChI=1S/C46H49N5O8S/c1-3-4-5-6-7-8-9-10-11-17-29-50(38-23-18-21-35-34(38)26-27-36(42(35)52)43(53)47-37-22-15-16-24-40(37)57-2)46(54)58-41-28-25-32(30-39(41)51(55)56)31-60-45-49-48-44(59-45)33-19-13-12-14-20-33/h12-16,18-28,30,52H,3-11,17,29,31H2,1-2H3,(H,47,53). The lowest BCUT2D eigenvalue weighted by atomic mass is 10.0. The van der Waals surface area contributed by atoms with Crippen molar-refractivity contribution in [2.24, 2.45) is 0 Å². The van der Waals surface area contributed by atoms with E-state index in [0.29, 0.717) is 51.0 Å². The fourth-order valence-electron chi connectivity index (χ4n) is 6.89. The Bertz CT molecular complexity index is 2390. The van der Waals surface area contributed by atoms with Gasteiger partial charge in [0.05, 0.1) is 29.0 Å². The van der Waals surface area contributed by atoms with Gasteiger partial charge in [0.2, 0.25) is 11.6 Å². The van der Waals surface area contributed by atoms with E-state index >= 15 is 0 Å². The Hall–Kier alpha value is -6.41. The molecular weight excluding hydrogens is 783 g/mol. The molecule has 0 aliphatic rings. The number of benzene rings is 5. The molecule has 0 saturated heterocycles. The summed E-state index contributed by atoms with van der Waals surface area (Å²) in [6, 6.07) is 28.9. The quantitative estimate of drug-likeness (QED) is 0.0306. The molecule has 0 aliphatic heterocycles. The van der Waals surface area contributed by atoms with Crippen LogP contribution in [-0.4, -0.2) is 45.9 Å². The molecule has 5 aromatic carbocycles. The number of phenols is 1. The van der Waals surface area contributed by atoms with Crippen LogP contribution < -0.4 is 19.7 Å². The summed E-state index contributed by atoms with van der Waals surface area (Å²) in [5.74, 6) is 0.0857. The number of carbonyl (C=O) groups excluding carboxylic acids is 2. The number of methoxy groups -OCH3 is 1. The van der Waals surface area contributed by atoms with E-state index in [4.69, 9.17) is 13.9 Å². The summed E-state index contributed by atoms with van der Waals surface area (Å²) < 4.78 is 17.0. The highest BCUT2D eigenvalue weighted by Gasteiger charge is 2.26. The molecule has 6 aromatic rings. The van der Waals surface area contributed by atoms with Crippen molar-refractivity contribution >= 4 is 51.6 Å². The minimum Gasteiger partial charge on any atom is -0.506 e. The number of para-hydroxylation sites is 2. The molecule has 0 unspecified atom stereocenters. The van der Waals surface area contributed by atoms with E-state index in [1.807, 2.05) is 30.3 Å². The summed E-state index contributed by atoms with van der Waals surface area (Å²) in [5.41, 5.74) is 1.87. The molecule has 2 N–H and O–H groups in total. The molecule has 0 fully saturated rings. The number of hydrogen-bond donors (Lipinski definition) is 2. The molecule has 0 spiro atoms. The van der Waals surface area contributed by atoms with Crippen LogP contribution in [0.2, 0.25) is 0 Å². The van der Waals surface area contributed by atoms with E-state index < -0.39 is 16.9 Å². The predicted molar refractivity (Wildman–Crippen MR) is 234 cm³/mol. The zero-order valence-corrected chi connectivity index (χ0v) is 34.6. The van der Waals surface area contributed by atoms with Crippen LogP contribution in [0.3, 0.4) is 0 Å². The number of aromatic hydroxyl groups is 1. The number of carbonyl (C=O) groups is 2. The molecule has 6 rings (SSSR count). The third-order valence-electron chi connectivity index (χ3n) is 10.1. The second-order valence-electron chi connectivity index (χ2n) is 14.3. The molecule has 0 atom stereocenters. The van der Waals surface area contributed by atoms with Crippen LogP contribution in [0.25, 0.3) is 22.2 Å². The summed E-state index contributed by atoms with van der Waals surface area (Å²) in [6.45, 7) is 2.46. The van der Waals surface area contributed by atoms with Gasteiger partial charge in [-0.1, -0.05) is 131 Å². The molecule has 2 amide bonds. The molecule has 13 nitrogen and oxygen atoms in total. The highest BCUT2D eigenvalue weighted by Crippen LogP contribution is 2.38. The normalized spacial score (nSPS) is 11.0. The first-order valence-electron chi connectivity index (χ1n) is 20.2. The largest absolute Gasteiger partial charge is 0.506 e. The van der Waals surface area contributed by atoms with Gasteiger partial charge in [0.15, 0.2) is 0 Å². The van der Waals surface area contributed by atoms with Gasteiger partial charge in [-0.2, -0.15) is 0 Å². The number of nitro groups is 1. The van der Waals surface area contributed by atoms with Crippen LogP contribution in [0, 0.1) is 10.1 Å². The number of nitrogens with one attached hydrogen (secondary N) is 1. The van der Waals surface area contributed by atoms with E-state index in [1.165, 1.54) is 74.1 Å². The maximum Gasteiger partial charge on any atom is 0.420 e. The van der Waals surface area contributed by atoms with Gasteiger partial charge in [-0.3, -0.25) is 19.8 Å². The monoisotopic (exact) mass is 831 g/mol. The molecule has 312 valence electrons. The Labute approximate surface area is 353 Å². The molecular formula is C46H49N5O8S. The maximum atomic E-state index is 14.2. The number of hydrogen-bond acceptors (Lipinski definition) is 11. The van der Waals surface area contributed by atoms with Gasteiger partial charge in [0.25, 0.3) is 11.1 Å². The number of thioether (sulfide) groups is 1. The first-order valence-corrected chi connectivity index (χ1v) is 21.2. The number of nitrogens with zero attached hydrogens (tertiary/aromatic N) is 4. The Balaban J connectivity index is 1.20. The Morgan fingerprint density at radius 1 is 0.817 bits per heavy atom. The summed E-state index contributed by atoms with van der Waals surface area (Å²) in [4.78, 5) is 40.8. The summed E-state index contributed by atoms with van der Waals surface area (Å²) >= 11 is 1.23. The molecule has 0 bridgehead atoms. The number of amides is 2. The molecule has 14 heteroatoms. The lowest BCUT2D eigenvalue weighted by Crippen LogP contribution is -2.34. The summed E-state index contributed by atoms with van der Waals surface area (Å²) in [7, 11) is 1.50. The maximum absolute atomic E-state index is 14.2. The van der Waals surface area contributed by atoms with Crippen LogP contribution in [-0.2, 0) is 5.75 Å². The van der Waals surface area contributed by atoms with Crippen molar-refractivity contribution in [3.05, 3.63) is 124 Å². The van der Waals surface area contributed by atoms with Crippen molar-refractivity contribution in [2.75, 3.05) is 23.9 Å². The van der Waals surface area contributed by atoms with Crippen molar-refractivity contribution < 1.29 is 33.5 Å². The summed E-state index contributed by atoms with van der Waals surface area (Å²) in [5, 5.41) is 35.9. The fraction of sp³-hybridized carbons (Fsp3) is 0.304. The third-order valence-corrected chi connectivity index (χ3v) is 11.0. The van der Waals surface area contributed by atoms with Crippen LogP contribution in [0.4, 0.5) is 21.9 Å². The zero-order chi connectivity index (χ0) is 42.3. The van der Waals surface area contributed by atoms with Gasteiger partial charge in [-0.15, -0.1) is 10.2 Å². The lowest BCUT2D eigenvalue weighted by molar-refractivity contribution is -0.385.